The van der Waals surface area contributed by atoms with Gasteiger partial charge < -0.3 is 24.9 Å². The molecule has 6 heteroatoms. The van der Waals surface area contributed by atoms with Gasteiger partial charge in [-0.3, -0.25) is 4.79 Å². The van der Waals surface area contributed by atoms with Crippen LogP contribution in [0.5, 0.6) is 5.75 Å². The van der Waals surface area contributed by atoms with Crippen LogP contribution in [-0.4, -0.2) is 30.8 Å². The fourth-order valence-corrected chi connectivity index (χ4v) is 3.76. The quantitative estimate of drug-likeness (QED) is 0.774. The van der Waals surface area contributed by atoms with Crippen molar-refractivity contribution in [3.63, 3.8) is 0 Å². The van der Waals surface area contributed by atoms with Gasteiger partial charge in [0.25, 0.3) is 0 Å². The van der Waals surface area contributed by atoms with E-state index in [2.05, 4.69) is 5.32 Å². The van der Waals surface area contributed by atoms with Crippen LogP contribution in [0.3, 0.4) is 0 Å². The van der Waals surface area contributed by atoms with E-state index in [4.69, 9.17) is 19.6 Å². The molecule has 3 N–H and O–H groups in total. The molecule has 1 aromatic heterocycles. The van der Waals surface area contributed by atoms with E-state index in [1.54, 1.807) is 0 Å². The Balaban J connectivity index is 1.76. The third-order valence-electron chi connectivity index (χ3n) is 5.84. The summed E-state index contributed by atoms with van der Waals surface area (Å²) in [4.78, 5) is 12.9. The minimum Gasteiger partial charge on any atom is -0.490 e. The summed E-state index contributed by atoms with van der Waals surface area (Å²) in [6, 6.07) is 7.39. The number of hydrogen-bond acceptors (Lipinski definition) is 5. The van der Waals surface area contributed by atoms with Gasteiger partial charge in [0.05, 0.1) is 18.8 Å². The van der Waals surface area contributed by atoms with Gasteiger partial charge in [-0.05, 0) is 32.9 Å². The van der Waals surface area contributed by atoms with E-state index in [1.165, 1.54) is 0 Å². The molecule has 0 aliphatic heterocycles. The monoisotopic (exact) mass is 374 g/mol. The Morgan fingerprint density at radius 3 is 2.74 bits per heavy atom. The molecule has 2 aromatic rings. The molecule has 6 nitrogen and oxygen atoms in total. The highest BCUT2D eigenvalue weighted by Crippen LogP contribution is 2.50. The lowest BCUT2D eigenvalue weighted by Crippen LogP contribution is -2.75. The number of fused-ring (bicyclic) bond motifs is 1. The number of carbonyl (C=O) groups excluding carboxylic acids is 1. The van der Waals surface area contributed by atoms with Gasteiger partial charge >= 0.3 is 0 Å². The number of rotatable bonds is 7. The number of nitrogens with two attached hydrogens (primary N) is 1. The van der Waals surface area contributed by atoms with Crippen molar-refractivity contribution in [2.75, 3.05) is 13.2 Å². The first kappa shape index (κ1) is 19.7. The van der Waals surface area contributed by atoms with Crippen LogP contribution in [0.15, 0.2) is 28.7 Å². The Morgan fingerprint density at radius 2 is 2.11 bits per heavy atom. The summed E-state index contributed by atoms with van der Waals surface area (Å²) >= 11 is 0. The molecule has 0 saturated heterocycles. The number of para-hydroxylation sites is 1. The maximum Gasteiger partial charge on any atom is 0.241 e. The summed E-state index contributed by atoms with van der Waals surface area (Å²) < 4.78 is 17.3. The minimum absolute atomic E-state index is 0.00601. The molecule has 1 aliphatic carbocycles. The van der Waals surface area contributed by atoms with Crippen LogP contribution in [0.2, 0.25) is 0 Å². The van der Waals surface area contributed by atoms with Crippen LogP contribution >= 0.6 is 0 Å². The molecule has 1 fully saturated rings. The van der Waals surface area contributed by atoms with Crippen LogP contribution in [0.25, 0.3) is 11.0 Å². The van der Waals surface area contributed by atoms with E-state index < -0.39 is 11.0 Å². The average molecular weight is 374 g/mol. The van der Waals surface area contributed by atoms with Gasteiger partial charge in [0.1, 0.15) is 11.3 Å². The van der Waals surface area contributed by atoms with Crippen LogP contribution in [-0.2, 0) is 9.53 Å². The number of amides is 1. The average Bonchev–Trinajstić information content (AvgIpc) is 3.07. The van der Waals surface area contributed by atoms with Gasteiger partial charge in [-0.25, -0.2) is 0 Å². The van der Waals surface area contributed by atoms with Crippen molar-refractivity contribution in [2.45, 2.75) is 58.7 Å². The van der Waals surface area contributed by atoms with Crippen LogP contribution in [0.4, 0.5) is 0 Å². The number of nitrogens with one attached hydrogen (secondary N) is 1. The summed E-state index contributed by atoms with van der Waals surface area (Å²) in [7, 11) is 0. The van der Waals surface area contributed by atoms with Gasteiger partial charge in [-0.1, -0.05) is 26.0 Å². The van der Waals surface area contributed by atoms with E-state index >= 15 is 0 Å². The lowest BCUT2D eigenvalue weighted by Gasteiger charge is -2.57. The molecule has 1 aliphatic rings. The Kier molecular flexibility index (Phi) is 5.23. The first-order valence-corrected chi connectivity index (χ1v) is 9.61. The standard InChI is InChI=1S/C21H30N2O4/c1-6-25-15-10-8-9-14-11-16(27-18(14)15)13(3)23-19(24)21(22)12-17(26-7-2)20(21,4)5/h8-11,13,17H,6-7,12,22H2,1-5H3,(H,23,24). The van der Waals surface area contributed by atoms with Gasteiger partial charge in [0.2, 0.25) is 5.91 Å². The zero-order valence-corrected chi connectivity index (χ0v) is 16.8. The van der Waals surface area contributed by atoms with Gasteiger partial charge in [-0.15, -0.1) is 0 Å². The Labute approximate surface area is 160 Å². The van der Waals surface area contributed by atoms with Crippen molar-refractivity contribution in [2.24, 2.45) is 11.1 Å². The lowest BCUT2D eigenvalue weighted by molar-refractivity contribution is -0.171. The highest BCUT2D eigenvalue weighted by atomic mass is 16.5. The molecule has 0 spiro atoms. The van der Waals surface area contributed by atoms with Gasteiger partial charge in [-0.2, -0.15) is 0 Å². The van der Waals surface area contributed by atoms with Crippen molar-refractivity contribution in [3.05, 3.63) is 30.0 Å². The molecular weight excluding hydrogens is 344 g/mol. The highest BCUT2D eigenvalue weighted by Gasteiger charge is 2.63. The Bertz CT molecular complexity index is 829. The molecule has 1 saturated carbocycles. The minimum atomic E-state index is -0.955. The first-order chi connectivity index (χ1) is 12.7. The second-order valence-corrected chi connectivity index (χ2v) is 7.79. The highest BCUT2D eigenvalue weighted by molar-refractivity contribution is 5.89. The zero-order valence-electron chi connectivity index (χ0n) is 16.8. The predicted octanol–water partition coefficient (Wildman–Crippen LogP) is 3.54. The van der Waals surface area contributed by atoms with Crippen molar-refractivity contribution >= 4 is 16.9 Å². The SMILES string of the molecule is CCOc1cccc2cc(C(C)NC(=O)C3(N)CC(OCC)C3(C)C)oc12. The van der Waals surface area contributed by atoms with E-state index in [1.807, 2.05) is 58.9 Å². The number of furan rings is 1. The number of benzene rings is 1. The fraction of sp³-hybridized carbons (Fsp3) is 0.571. The smallest absolute Gasteiger partial charge is 0.241 e. The molecule has 0 radical (unpaired) electrons. The molecule has 148 valence electrons. The summed E-state index contributed by atoms with van der Waals surface area (Å²) in [5, 5.41) is 3.96. The summed E-state index contributed by atoms with van der Waals surface area (Å²) in [6.07, 6.45) is 0.509. The summed E-state index contributed by atoms with van der Waals surface area (Å²) in [5.41, 5.74) is 5.78. The van der Waals surface area contributed by atoms with E-state index in [0.717, 1.165) is 5.39 Å². The third kappa shape index (κ3) is 3.21. The Morgan fingerprint density at radius 1 is 1.37 bits per heavy atom. The van der Waals surface area contributed by atoms with Crippen LogP contribution < -0.4 is 15.8 Å². The molecule has 1 heterocycles. The maximum absolute atomic E-state index is 12.9. The summed E-state index contributed by atoms with van der Waals surface area (Å²) in [5.74, 6) is 1.20. The van der Waals surface area contributed by atoms with Crippen molar-refractivity contribution in [1.82, 2.24) is 5.32 Å². The maximum atomic E-state index is 12.9. The van der Waals surface area contributed by atoms with Crippen molar-refractivity contribution in [1.29, 1.82) is 0 Å². The number of ether oxygens (including phenoxy) is 2. The van der Waals surface area contributed by atoms with Crippen LogP contribution in [0.1, 0.15) is 52.8 Å². The molecule has 3 atom stereocenters. The number of carbonyl (C=O) groups is 1. The second-order valence-electron chi connectivity index (χ2n) is 7.79. The summed E-state index contributed by atoms with van der Waals surface area (Å²) in [6.45, 7) is 10.9. The van der Waals surface area contributed by atoms with Crippen molar-refractivity contribution in [3.8, 4) is 5.75 Å². The van der Waals surface area contributed by atoms with Crippen LogP contribution in [0, 0.1) is 5.41 Å². The van der Waals surface area contributed by atoms with Gasteiger partial charge in [0.15, 0.2) is 11.3 Å². The normalized spacial score (nSPS) is 25.0. The van der Waals surface area contributed by atoms with Crippen molar-refractivity contribution < 1.29 is 18.7 Å². The molecule has 1 aromatic carbocycles. The molecule has 3 rings (SSSR count). The molecule has 0 bridgehead atoms. The largest absolute Gasteiger partial charge is 0.490 e. The Hall–Kier alpha value is -2.05. The molecule has 27 heavy (non-hydrogen) atoms. The van der Waals surface area contributed by atoms with E-state index in [9.17, 15) is 4.79 Å². The third-order valence-corrected chi connectivity index (χ3v) is 5.84. The topological polar surface area (TPSA) is 86.7 Å². The fourth-order valence-electron chi connectivity index (χ4n) is 3.76. The van der Waals surface area contributed by atoms with E-state index in [0.29, 0.717) is 36.7 Å². The van der Waals surface area contributed by atoms with Gasteiger partial charge in [0, 0.05) is 23.8 Å². The second kappa shape index (κ2) is 7.17. The zero-order chi connectivity index (χ0) is 19.8. The number of hydrogen-bond donors (Lipinski definition) is 2. The van der Waals surface area contributed by atoms with E-state index in [-0.39, 0.29) is 18.1 Å². The lowest BCUT2D eigenvalue weighted by atomic mass is 9.54. The molecule has 1 amide bonds. The molecular formula is C21H30N2O4. The molecule has 3 unspecified atom stereocenters. The predicted molar refractivity (Wildman–Crippen MR) is 105 cm³/mol. The first-order valence-electron chi connectivity index (χ1n) is 9.61.